The Labute approximate surface area is 191 Å². The zero-order valence-electron chi connectivity index (χ0n) is 17.0. The van der Waals surface area contributed by atoms with E-state index in [-0.39, 0.29) is 29.8 Å². The summed E-state index contributed by atoms with van der Waals surface area (Å²) in [4.78, 5) is 20.5. The van der Waals surface area contributed by atoms with Gasteiger partial charge in [-0.25, -0.2) is 22.4 Å². The number of aromatic hydroxyl groups is 1. The normalized spacial score (nSPS) is 19.1. The molecule has 184 valence electrons. The average Bonchev–Trinajstić information content (AvgIpc) is 3.05. The van der Waals surface area contributed by atoms with E-state index in [2.05, 4.69) is 10.6 Å². The number of sulfonamides is 1. The maximum absolute atomic E-state index is 13.0. The Morgan fingerprint density at radius 1 is 1.24 bits per heavy atom. The van der Waals surface area contributed by atoms with Crippen LogP contribution in [0.4, 0.5) is 28.0 Å². The van der Waals surface area contributed by atoms with Gasteiger partial charge in [-0.3, -0.25) is 0 Å². The minimum Gasteiger partial charge on any atom is -0.504 e. The second-order valence-corrected chi connectivity index (χ2v) is 9.45. The second kappa shape index (κ2) is 10.1. The Morgan fingerprint density at radius 2 is 1.82 bits per heavy atom. The molecule has 3 rings (SSSR count). The molecule has 1 fully saturated rings. The number of nitrogens with zero attached hydrogens (tertiary/aromatic N) is 1. The van der Waals surface area contributed by atoms with E-state index in [1.54, 1.807) is 0 Å². The predicted molar refractivity (Wildman–Crippen MR) is 109 cm³/mol. The first-order valence-electron chi connectivity index (χ1n) is 9.34. The van der Waals surface area contributed by atoms with E-state index in [1.807, 2.05) is 13.0 Å². The summed E-state index contributed by atoms with van der Waals surface area (Å²) >= 11 is 5.95. The average molecular weight is 518 g/mol. The molecule has 1 aromatic rings. The van der Waals surface area contributed by atoms with E-state index in [9.17, 15) is 35.9 Å². The van der Waals surface area contributed by atoms with Gasteiger partial charge in [0, 0.05) is 13.1 Å². The highest BCUT2D eigenvalue weighted by atomic mass is 35.5. The molecule has 1 aliphatic carbocycles. The van der Waals surface area contributed by atoms with Gasteiger partial charge in [-0.05, 0) is 31.9 Å². The molecule has 0 saturated carbocycles. The van der Waals surface area contributed by atoms with Crippen LogP contribution in [-0.4, -0.2) is 66.4 Å². The van der Waals surface area contributed by atoms with Crippen LogP contribution in [0.25, 0.3) is 0 Å². The number of benzene rings is 1. The molecular formula is C18H20ClF4N3O6S. The fourth-order valence-electron chi connectivity index (χ4n) is 2.96. The van der Waals surface area contributed by atoms with Crippen molar-refractivity contribution in [1.82, 2.24) is 9.62 Å². The molecule has 0 spiro atoms. The summed E-state index contributed by atoms with van der Waals surface area (Å²) in [6, 6.07) is 1.90. The third kappa shape index (κ3) is 6.48. The van der Waals surface area contributed by atoms with E-state index >= 15 is 0 Å². The number of aliphatic carboxylic acids is 1. The number of rotatable bonds is 4. The number of carboxylic acids is 1. The molecular weight excluding hydrogens is 498 g/mol. The molecule has 33 heavy (non-hydrogen) atoms. The summed E-state index contributed by atoms with van der Waals surface area (Å²) in [7, 11) is -4.16. The second-order valence-electron chi connectivity index (χ2n) is 7.17. The van der Waals surface area contributed by atoms with Gasteiger partial charge in [0.2, 0.25) is 10.0 Å². The minimum absolute atomic E-state index is 0.0950. The van der Waals surface area contributed by atoms with Crippen molar-refractivity contribution in [2.45, 2.75) is 43.1 Å². The van der Waals surface area contributed by atoms with Gasteiger partial charge < -0.3 is 20.8 Å². The summed E-state index contributed by atoms with van der Waals surface area (Å²) < 4.78 is 70.7. The Balaban J connectivity index is 0.000000479. The van der Waals surface area contributed by atoms with Crippen LogP contribution < -0.4 is 10.6 Å². The Hall–Kier alpha value is -2.58. The van der Waals surface area contributed by atoms with Crippen LogP contribution in [0.15, 0.2) is 28.7 Å². The van der Waals surface area contributed by atoms with Gasteiger partial charge in [-0.15, -0.1) is 0 Å². The zero-order valence-corrected chi connectivity index (χ0v) is 18.6. The van der Waals surface area contributed by atoms with Crippen LogP contribution in [0, 0.1) is 0 Å². The maximum atomic E-state index is 13.0. The molecule has 2 aliphatic rings. The first-order valence-corrected chi connectivity index (χ1v) is 11.2. The van der Waals surface area contributed by atoms with E-state index < -0.39 is 45.0 Å². The molecule has 1 heterocycles. The lowest BCUT2D eigenvalue weighted by Gasteiger charge is -2.33. The van der Waals surface area contributed by atoms with E-state index in [0.29, 0.717) is 0 Å². The summed E-state index contributed by atoms with van der Waals surface area (Å²) in [5.41, 5.74) is 0.949. The fourth-order valence-corrected chi connectivity index (χ4v) is 5.04. The first kappa shape index (κ1) is 26.7. The number of hydrogen-bond acceptors (Lipinski definition) is 5. The largest absolute Gasteiger partial charge is 0.504 e. The minimum atomic E-state index is -5.08. The number of carbonyl (C=O) groups is 2. The van der Waals surface area contributed by atoms with Crippen molar-refractivity contribution in [3.8, 4) is 5.75 Å². The number of allylic oxidation sites excluding steroid dienone is 1. The van der Waals surface area contributed by atoms with Gasteiger partial charge in [-0.1, -0.05) is 23.3 Å². The molecule has 15 heteroatoms. The maximum Gasteiger partial charge on any atom is 0.490 e. The molecule has 0 unspecified atom stereocenters. The van der Waals surface area contributed by atoms with Gasteiger partial charge in [0.05, 0.1) is 16.8 Å². The van der Waals surface area contributed by atoms with E-state index in [4.69, 9.17) is 21.5 Å². The fraction of sp³-hybridized carbons (Fsp3) is 0.444. The molecule has 0 aromatic heterocycles. The molecule has 2 amide bonds. The number of anilines is 1. The van der Waals surface area contributed by atoms with Crippen molar-refractivity contribution in [3.63, 3.8) is 0 Å². The Morgan fingerprint density at radius 3 is 2.27 bits per heavy atom. The summed E-state index contributed by atoms with van der Waals surface area (Å²) in [6.07, 6.45) is -2.64. The number of alkyl halides is 4. The highest BCUT2D eigenvalue weighted by molar-refractivity contribution is 7.89. The lowest BCUT2D eigenvalue weighted by Crippen LogP contribution is -2.51. The summed E-state index contributed by atoms with van der Waals surface area (Å²) in [5, 5.41) is 22.5. The van der Waals surface area contributed by atoms with Gasteiger partial charge in [0.15, 0.2) is 5.75 Å². The molecule has 9 nitrogen and oxygen atoms in total. The monoisotopic (exact) mass is 517 g/mol. The van der Waals surface area contributed by atoms with Crippen LogP contribution in [0.2, 0.25) is 5.02 Å². The van der Waals surface area contributed by atoms with Crippen molar-refractivity contribution in [3.05, 3.63) is 28.8 Å². The lowest BCUT2D eigenvalue weighted by molar-refractivity contribution is -0.192. The SMILES string of the molecule is CC1=CCC[C@H]1NC(=O)Nc1ccc(Cl)c(S(=O)(=O)N2CC(F)C2)c1O.O=C(O)C(F)(F)F. The number of nitrogens with one attached hydrogen (secondary N) is 2. The van der Waals surface area contributed by atoms with Crippen molar-refractivity contribution in [2.75, 3.05) is 18.4 Å². The smallest absolute Gasteiger partial charge is 0.490 e. The predicted octanol–water partition coefficient (Wildman–Crippen LogP) is 3.25. The van der Waals surface area contributed by atoms with Gasteiger partial charge in [0.25, 0.3) is 0 Å². The Bertz CT molecular complexity index is 1060. The number of hydrogen-bond donors (Lipinski definition) is 4. The van der Waals surface area contributed by atoms with Crippen LogP contribution in [0.1, 0.15) is 19.8 Å². The summed E-state index contributed by atoms with van der Waals surface area (Å²) in [5.74, 6) is -3.43. The first-order chi connectivity index (χ1) is 15.1. The molecule has 1 aromatic carbocycles. The molecule has 0 radical (unpaired) electrons. The van der Waals surface area contributed by atoms with Crippen LogP contribution in [0.3, 0.4) is 0 Å². The van der Waals surface area contributed by atoms with Gasteiger partial charge >= 0.3 is 18.2 Å². The third-order valence-corrected chi connectivity index (χ3v) is 7.09. The lowest BCUT2D eigenvalue weighted by atomic mass is 10.2. The van der Waals surface area contributed by atoms with Crippen molar-refractivity contribution in [1.29, 1.82) is 0 Å². The number of amides is 2. The quantitative estimate of drug-likeness (QED) is 0.275. The van der Waals surface area contributed by atoms with Crippen molar-refractivity contribution < 1.29 is 45.8 Å². The number of urea groups is 1. The number of carbonyl (C=O) groups excluding carboxylic acids is 1. The highest BCUT2D eigenvalue weighted by Crippen LogP contribution is 2.39. The summed E-state index contributed by atoms with van der Waals surface area (Å²) in [6.45, 7) is 1.33. The standard InChI is InChI=1S/C16H19ClFN3O4S.C2HF3O2/c1-9-3-2-4-12(9)19-16(23)20-13-6-5-11(17)15(14(13)22)26(24,25)21-7-10(18)8-21;3-2(4,5)1(6)7/h3,5-6,10,12,22H,2,4,7-8H2,1H3,(H2,19,20,23);(H,6,7)/t12-;/m1./s1. The zero-order chi connectivity index (χ0) is 25.1. The Kier molecular flexibility index (Phi) is 8.19. The number of phenolic OH excluding ortho intramolecular Hbond substituents is 1. The van der Waals surface area contributed by atoms with E-state index in [1.165, 1.54) is 12.1 Å². The molecule has 1 aliphatic heterocycles. The van der Waals surface area contributed by atoms with Crippen LogP contribution in [-0.2, 0) is 14.8 Å². The molecule has 1 saturated heterocycles. The molecule has 0 bridgehead atoms. The van der Waals surface area contributed by atoms with Crippen LogP contribution >= 0.6 is 11.6 Å². The number of carboxylic acid groups (broad SMARTS) is 1. The highest BCUT2D eigenvalue weighted by Gasteiger charge is 2.40. The van der Waals surface area contributed by atoms with Crippen molar-refractivity contribution >= 4 is 39.3 Å². The third-order valence-electron chi connectivity index (χ3n) is 4.75. The molecule has 4 N–H and O–H groups in total. The van der Waals surface area contributed by atoms with Crippen LogP contribution in [0.5, 0.6) is 5.75 Å². The number of halogens is 5. The van der Waals surface area contributed by atoms with Crippen molar-refractivity contribution in [2.24, 2.45) is 0 Å². The number of phenols is 1. The van der Waals surface area contributed by atoms with Gasteiger partial charge in [-0.2, -0.15) is 17.5 Å². The van der Waals surface area contributed by atoms with E-state index in [0.717, 1.165) is 22.7 Å². The topological polar surface area (TPSA) is 136 Å². The van der Waals surface area contributed by atoms with Gasteiger partial charge in [0.1, 0.15) is 11.1 Å². The molecule has 1 atom stereocenters.